The molecule has 1 N–H and O–H groups in total. The van der Waals surface area contributed by atoms with Crippen molar-refractivity contribution in [1.82, 2.24) is 9.97 Å². The summed E-state index contributed by atoms with van der Waals surface area (Å²) in [6.07, 6.45) is 5.01. The third kappa shape index (κ3) is 3.72. The molecule has 0 bridgehead atoms. The minimum absolute atomic E-state index is 0.0539. The number of halogens is 1. The van der Waals surface area contributed by atoms with Crippen LogP contribution < -0.4 is 5.32 Å². The number of nitrogens with zero attached hydrogens (tertiary/aromatic N) is 2. The summed E-state index contributed by atoms with van der Waals surface area (Å²) in [6.45, 7) is 2.30. The van der Waals surface area contributed by atoms with E-state index in [1.54, 1.807) is 41.9 Å². The first-order valence-electron chi connectivity index (χ1n) is 8.53. The summed E-state index contributed by atoms with van der Waals surface area (Å²) in [4.78, 5) is 23.7. The van der Waals surface area contributed by atoms with Crippen LogP contribution in [-0.2, 0) is 17.6 Å². The van der Waals surface area contributed by atoms with Crippen molar-refractivity contribution in [1.29, 1.82) is 0 Å². The molecule has 0 aliphatic heterocycles. The number of carbonyl (C=O) groups is 1. The predicted octanol–water partition coefficient (Wildman–Crippen LogP) is 5.20. The number of carbonyl (C=O) groups excluding carboxylic acids is 1. The second kappa shape index (κ2) is 7.55. The Morgan fingerprint density at radius 1 is 1.35 bits per heavy atom. The fourth-order valence-electron chi connectivity index (χ4n) is 3.22. The highest BCUT2D eigenvalue weighted by Gasteiger charge is 2.23. The van der Waals surface area contributed by atoms with Gasteiger partial charge in [0.05, 0.1) is 5.75 Å². The lowest BCUT2D eigenvalue weighted by molar-refractivity contribution is -0.113. The Bertz CT molecular complexity index is 955. The molecule has 26 heavy (non-hydrogen) atoms. The molecule has 0 saturated heterocycles. The molecule has 7 heteroatoms. The van der Waals surface area contributed by atoms with Gasteiger partial charge in [-0.3, -0.25) is 4.79 Å². The molecule has 4 nitrogen and oxygen atoms in total. The van der Waals surface area contributed by atoms with Crippen molar-refractivity contribution in [3.8, 4) is 0 Å². The van der Waals surface area contributed by atoms with Crippen LogP contribution in [0.1, 0.15) is 23.8 Å². The van der Waals surface area contributed by atoms with E-state index in [9.17, 15) is 4.79 Å². The molecule has 1 atom stereocenters. The van der Waals surface area contributed by atoms with Gasteiger partial charge in [0.25, 0.3) is 0 Å². The van der Waals surface area contributed by atoms with Crippen molar-refractivity contribution in [2.75, 3.05) is 11.1 Å². The number of thioether (sulfide) groups is 1. The highest BCUT2D eigenvalue weighted by atomic mass is 35.5. The van der Waals surface area contributed by atoms with Gasteiger partial charge in [-0.05, 0) is 55.0 Å². The van der Waals surface area contributed by atoms with Gasteiger partial charge in [0.15, 0.2) is 0 Å². The highest BCUT2D eigenvalue weighted by molar-refractivity contribution is 8.00. The first-order chi connectivity index (χ1) is 12.6. The number of hydrogen-bond donors (Lipinski definition) is 1. The minimum Gasteiger partial charge on any atom is -0.325 e. The minimum atomic E-state index is -0.0539. The van der Waals surface area contributed by atoms with Gasteiger partial charge in [-0.25, -0.2) is 9.97 Å². The lowest BCUT2D eigenvalue weighted by atomic mass is 9.89. The van der Waals surface area contributed by atoms with Crippen molar-refractivity contribution in [2.45, 2.75) is 31.2 Å². The van der Waals surface area contributed by atoms with Gasteiger partial charge in [-0.1, -0.05) is 30.3 Å². The van der Waals surface area contributed by atoms with Gasteiger partial charge in [0, 0.05) is 21.0 Å². The number of amides is 1. The third-order valence-electron chi connectivity index (χ3n) is 4.52. The number of benzene rings is 1. The van der Waals surface area contributed by atoms with Gasteiger partial charge in [0.1, 0.15) is 16.2 Å². The summed E-state index contributed by atoms with van der Waals surface area (Å²) in [5, 5.41) is 5.61. The quantitative estimate of drug-likeness (QED) is 0.480. The Kier molecular flexibility index (Phi) is 5.16. The van der Waals surface area contributed by atoms with Gasteiger partial charge >= 0.3 is 0 Å². The van der Waals surface area contributed by atoms with Gasteiger partial charge in [-0.15, -0.1) is 11.3 Å². The Morgan fingerprint density at radius 3 is 2.96 bits per heavy atom. The summed E-state index contributed by atoms with van der Waals surface area (Å²) in [6, 6.07) is 7.11. The molecule has 0 saturated carbocycles. The van der Waals surface area contributed by atoms with E-state index >= 15 is 0 Å². The maximum atomic E-state index is 12.3. The van der Waals surface area contributed by atoms with Crippen LogP contribution in [-0.4, -0.2) is 21.6 Å². The van der Waals surface area contributed by atoms with E-state index in [2.05, 4.69) is 22.2 Å². The van der Waals surface area contributed by atoms with E-state index in [-0.39, 0.29) is 5.91 Å². The fraction of sp³-hybridized carbons (Fsp3) is 0.316. The molecule has 1 aliphatic carbocycles. The molecule has 2 heterocycles. The van der Waals surface area contributed by atoms with Crippen molar-refractivity contribution in [2.24, 2.45) is 5.92 Å². The Hall–Kier alpha value is -1.63. The van der Waals surface area contributed by atoms with Crippen LogP contribution in [0.2, 0.25) is 5.02 Å². The monoisotopic (exact) mass is 403 g/mol. The number of fused-ring (bicyclic) bond motifs is 3. The van der Waals surface area contributed by atoms with E-state index in [1.165, 1.54) is 28.6 Å². The molecule has 134 valence electrons. The lowest BCUT2D eigenvalue weighted by Gasteiger charge is -2.18. The summed E-state index contributed by atoms with van der Waals surface area (Å²) in [7, 11) is 0. The second-order valence-electron chi connectivity index (χ2n) is 6.55. The summed E-state index contributed by atoms with van der Waals surface area (Å²) < 4.78 is 0. The van der Waals surface area contributed by atoms with Crippen molar-refractivity contribution >= 4 is 56.5 Å². The van der Waals surface area contributed by atoms with E-state index in [4.69, 9.17) is 11.6 Å². The van der Waals surface area contributed by atoms with Crippen molar-refractivity contribution in [3.05, 3.63) is 46.1 Å². The van der Waals surface area contributed by atoms with Crippen LogP contribution in [0.25, 0.3) is 10.2 Å². The van der Waals surface area contributed by atoms with Crippen LogP contribution in [0.15, 0.2) is 35.6 Å². The lowest BCUT2D eigenvalue weighted by Crippen LogP contribution is -2.14. The summed E-state index contributed by atoms with van der Waals surface area (Å²) in [5.74, 6) is 0.988. The summed E-state index contributed by atoms with van der Waals surface area (Å²) >= 11 is 9.13. The normalized spacial score (nSPS) is 16.5. The topological polar surface area (TPSA) is 54.9 Å². The number of hydrogen-bond acceptors (Lipinski definition) is 5. The zero-order chi connectivity index (χ0) is 18.1. The number of aryl methyl sites for hydroxylation is 1. The number of rotatable bonds is 4. The zero-order valence-electron chi connectivity index (χ0n) is 14.3. The third-order valence-corrected chi connectivity index (χ3v) is 6.93. The van der Waals surface area contributed by atoms with E-state index in [1.807, 2.05) is 0 Å². The van der Waals surface area contributed by atoms with Crippen molar-refractivity contribution < 1.29 is 4.79 Å². The molecule has 4 rings (SSSR count). The maximum Gasteiger partial charge on any atom is 0.234 e. The molecule has 0 radical (unpaired) electrons. The fourth-order valence-corrected chi connectivity index (χ4v) is 5.59. The molecule has 1 aliphatic rings. The van der Waals surface area contributed by atoms with E-state index < -0.39 is 0 Å². The van der Waals surface area contributed by atoms with Crippen LogP contribution in [0.4, 0.5) is 5.69 Å². The van der Waals surface area contributed by atoms with E-state index in [0.717, 1.165) is 39.7 Å². The molecule has 1 amide bonds. The van der Waals surface area contributed by atoms with Gasteiger partial charge < -0.3 is 5.32 Å². The predicted molar refractivity (Wildman–Crippen MR) is 109 cm³/mol. The Labute approximate surface area is 165 Å². The maximum absolute atomic E-state index is 12.3. The average Bonchev–Trinajstić information content (AvgIpc) is 3.00. The van der Waals surface area contributed by atoms with E-state index in [0.29, 0.717) is 10.8 Å². The average molecular weight is 404 g/mol. The summed E-state index contributed by atoms with van der Waals surface area (Å²) in [5.41, 5.74) is 2.14. The first-order valence-corrected chi connectivity index (χ1v) is 10.7. The largest absolute Gasteiger partial charge is 0.325 e. The molecule has 1 aromatic carbocycles. The molecule has 0 spiro atoms. The number of thiophene rings is 1. The number of aromatic nitrogens is 2. The molecule has 0 unspecified atom stereocenters. The molecular weight excluding hydrogens is 386 g/mol. The van der Waals surface area contributed by atoms with Crippen LogP contribution in [0.5, 0.6) is 0 Å². The standard InChI is InChI=1S/C19H18ClN3OS2/c1-11-2-7-14-15(8-11)26-19-17(14)18(21-10-22-19)25-9-16(24)23-13-5-3-12(20)4-6-13/h3-6,10-11H,2,7-9H2,1H3,(H,23,24)/t11-/m1/s1. The molecule has 3 aromatic rings. The van der Waals surface area contributed by atoms with Gasteiger partial charge in [-0.2, -0.15) is 0 Å². The first kappa shape index (κ1) is 17.8. The van der Waals surface area contributed by atoms with Crippen molar-refractivity contribution in [3.63, 3.8) is 0 Å². The highest BCUT2D eigenvalue weighted by Crippen LogP contribution is 2.40. The van der Waals surface area contributed by atoms with Crippen LogP contribution in [0, 0.1) is 5.92 Å². The second-order valence-corrected chi connectivity index (χ2v) is 9.04. The Morgan fingerprint density at radius 2 is 2.15 bits per heavy atom. The number of anilines is 1. The zero-order valence-corrected chi connectivity index (χ0v) is 16.7. The van der Waals surface area contributed by atoms with Crippen LogP contribution >= 0.6 is 34.7 Å². The SMILES string of the molecule is C[C@@H]1CCc2c(sc3ncnc(SCC(=O)Nc4ccc(Cl)cc4)c23)C1. The number of nitrogens with one attached hydrogen (secondary N) is 1. The van der Waals surface area contributed by atoms with Crippen LogP contribution in [0.3, 0.4) is 0 Å². The van der Waals surface area contributed by atoms with Gasteiger partial charge in [0.2, 0.25) is 5.91 Å². The molecule has 2 aromatic heterocycles. The Balaban J connectivity index is 1.50. The smallest absolute Gasteiger partial charge is 0.234 e. The molecular formula is C19H18ClN3OS2. The molecule has 0 fully saturated rings.